The summed E-state index contributed by atoms with van der Waals surface area (Å²) in [4.78, 5) is 12.0. The summed E-state index contributed by atoms with van der Waals surface area (Å²) in [5.74, 6) is 0.680. The topological polar surface area (TPSA) is 26.3 Å². The molecule has 0 N–H and O–H groups in total. The number of Topliss-reactive ketones (excluding diaryl/α,β-unsaturated/α-hetero) is 1. The van der Waals surface area contributed by atoms with Gasteiger partial charge in [-0.25, -0.2) is 0 Å². The van der Waals surface area contributed by atoms with Crippen LogP contribution >= 0.6 is 15.9 Å². The number of aryl methyl sites for hydroxylation is 1. The van der Waals surface area contributed by atoms with Crippen LogP contribution in [0.2, 0.25) is 0 Å². The highest BCUT2D eigenvalue weighted by Gasteiger charge is 2.09. The van der Waals surface area contributed by atoms with Crippen molar-refractivity contribution < 1.29 is 9.53 Å². The Labute approximate surface area is 115 Å². The molecule has 3 heteroatoms. The molecule has 0 heterocycles. The standard InChI is InChI=1S/C15H13BrO2/c1-11-5-4-6-12(9-11)18-10-15(17)13-7-2-3-8-14(13)16/h2-9H,10H2,1H3. The Morgan fingerprint density at radius 3 is 2.67 bits per heavy atom. The van der Waals surface area contributed by atoms with Crippen LogP contribution in [0.5, 0.6) is 5.75 Å². The van der Waals surface area contributed by atoms with Crippen molar-refractivity contribution in [3.8, 4) is 5.75 Å². The quantitative estimate of drug-likeness (QED) is 0.798. The highest BCUT2D eigenvalue weighted by Crippen LogP contribution is 2.17. The summed E-state index contributed by atoms with van der Waals surface area (Å²) in [6.45, 7) is 2.04. The normalized spacial score (nSPS) is 10.1. The summed E-state index contributed by atoms with van der Waals surface area (Å²) in [7, 11) is 0. The lowest BCUT2D eigenvalue weighted by Crippen LogP contribution is -2.12. The van der Waals surface area contributed by atoms with Crippen LogP contribution in [0.15, 0.2) is 53.0 Å². The Kier molecular flexibility index (Phi) is 4.15. The van der Waals surface area contributed by atoms with E-state index in [-0.39, 0.29) is 12.4 Å². The second-order valence-electron chi connectivity index (χ2n) is 4.01. The van der Waals surface area contributed by atoms with Gasteiger partial charge >= 0.3 is 0 Å². The molecule has 2 rings (SSSR count). The fourth-order valence-corrected chi connectivity index (χ4v) is 2.13. The van der Waals surface area contributed by atoms with E-state index in [9.17, 15) is 4.79 Å². The van der Waals surface area contributed by atoms with Gasteiger partial charge in [-0.15, -0.1) is 0 Å². The van der Waals surface area contributed by atoms with Crippen LogP contribution in [0.25, 0.3) is 0 Å². The molecule has 0 saturated heterocycles. The monoisotopic (exact) mass is 304 g/mol. The van der Waals surface area contributed by atoms with Gasteiger partial charge in [0.05, 0.1) is 0 Å². The number of carbonyl (C=O) groups excluding carboxylic acids is 1. The number of halogens is 1. The highest BCUT2D eigenvalue weighted by molar-refractivity contribution is 9.10. The van der Waals surface area contributed by atoms with Crippen molar-refractivity contribution in [2.24, 2.45) is 0 Å². The van der Waals surface area contributed by atoms with E-state index in [4.69, 9.17) is 4.74 Å². The second-order valence-corrected chi connectivity index (χ2v) is 4.86. The van der Waals surface area contributed by atoms with Gasteiger partial charge in [-0.2, -0.15) is 0 Å². The number of carbonyl (C=O) groups is 1. The van der Waals surface area contributed by atoms with Crippen molar-refractivity contribution in [2.45, 2.75) is 6.92 Å². The minimum atomic E-state index is -0.0380. The first-order valence-electron chi connectivity index (χ1n) is 5.64. The van der Waals surface area contributed by atoms with Gasteiger partial charge in [-0.05, 0) is 30.7 Å². The SMILES string of the molecule is Cc1cccc(OCC(=O)c2ccccc2Br)c1. The average molecular weight is 305 g/mol. The molecule has 2 aromatic rings. The molecule has 2 nitrogen and oxygen atoms in total. The minimum absolute atomic E-state index is 0.0380. The van der Waals surface area contributed by atoms with Crippen molar-refractivity contribution >= 4 is 21.7 Å². The zero-order valence-electron chi connectivity index (χ0n) is 10.0. The third-order valence-electron chi connectivity index (χ3n) is 2.53. The van der Waals surface area contributed by atoms with Gasteiger partial charge in [0.15, 0.2) is 6.61 Å². The van der Waals surface area contributed by atoms with E-state index in [2.05, 4.69) is 15.9 Å². The maximum atomic E-state index is 12.0. The van der Waals surface area contributed by atoms with Crippen LogP contribution < -0.4 is 4.74 Å². The summed E-state index contributed by atoms with van der Waals surface area (Å²) < 4.78 is 6.28. The Balaban J connectivity index is 2.03. The zero-order valence-corrected chi connectivity index (χ0v) is 11.6. The molecule has 0 aromatic heterocycles. The molecular weight excluding hydrogens is 292 g/mol. The molecule has 0 unspecified atom stereocenters. The molecule has 0 aliphatic rings. The summed E-state index contributed by atoms with van der Waals surface area (Å²) >= 11 is 3.36. The molecule has 0 atom stereocenters. The van der Waals surface area contributed by atoms with E-state index in [1.54, 1.807) is 6.07 Å². The van der Waals surface area contributed by atoms with Gasteiger partial charge in [0.2, 0.25) is 5.78 Å². The fourth-order valence-electron chi connectivity index (χ4n) is 1.62. The van der Waals surface area contributed by atoms with Crippen LogP contribution in [-0.4, -0.2) is 12.4 Å². The third kappa shape index (κ3) is 3.20. The van der Waals surface area contributed by atoms with Gasteiger partial charge in [-0.3, -0.25) is 4.79 Å². The Morgan fingerprint density at radius 2 is 1.94 bits per heavy atom. The smallest absolute Gasteiger partial charge is 0.201 e. The van der Waals surface area contributed by atoms with E-state index in [1.807, 2.05) is 49.4 Å². The van der Waals surface area contributed by atoms with E-state index < -0.39 is 0 Å². The molecule has 0 spiro atoms. The molecule has 0 aliphatic carbocycles. The van der Waals surface area contributed by atoms with Gasteiger partial charge in [0, 0.05) is 10.0 Å². The maximum absolute atomic E-state index is 12.0. The summed E-state index contributed by atoms with van der Waals surface area (Å²) in [5, 5.41) is 0. The third-order valence-corrected chi connectivity index (χ3v) is 3.23. The lowest BCUT2D eigenvalue weighted by Gasteiger charge is -2.07. The lowest BCUT2D eigenvalue weighted by molar-refractivity contribution is 0.0920. The van der Waals surface area contributed by atoms with Crippen molar-refractivity contribution in [1.82, 2.24) is 0 Å². The lowest BCUT2D eigenvalue weighted by atomic mass is 10.1. The first-order valence-corrected chi connectivity index (χ1v) is 6.43. The first-order chi connectivity index (χ1) is 8.66. The Bertz CT molecular complexity index is 564. The van der Waals surface area contributed by atoms with Crippen LogP contribution in [-0.2, 0) is 0 Å². The average Bonchev–Trinajstić information content (AvgIpc) is 2.37. The molecule has 92 valence electrons. The number of benzene rings is 2. The number of rotatable bonds is 4. The Morgan fingerprint density at radius 1 is 1.17 bits per heavy atom. The highest BCUT2D eigenvalue weighted by atomic mass is 79.9. The maximum Gasteiger partial charge on any atom is 0.201 e. The molecule has 0 amide bonds. The molecule has 0 fully saturated rings. The largest absolute Gasteiger partial charge is 0.485 e. The van der Waals surface area contributed by atoms with Crippen LogP contribution in [0.4, 0.5) is 0 Å². The van der Waals surface area contributed by atoms with Gasteiger partial charge in [0.1, 0.15) is 5.75 Å². The molecule has 0 saturated carbocycles. The number of hydrogen-bond donors (Lipinski definition) is 0. The van der Waals surface area contributed by atoms with Crippen LogP contribution in [0.1, 0.15) is 15.9 Å². The fraction of sp³-hybridized carbons (Fsp3) is 0.133. The molecular formula is C15H13BrO2. The number of ether oxygens (including phenoxy) is 1. The zero-order chi connectivity index (χ0) is 13.0. The molecule has 2 aromatic carbocycles. The van der Waals surface area contributed by atoms with Crippen molar-refractivity contribution in [2.75, 3.05) is 6.61 Å². The molecule has 0 bridgehead atoms. The van der Waals surface area contributed by atoms with Gasteiger partial charge < -0.3 is 4.74 Å². The van der Waals surface area contributed by atoms with E-state index in [0.717, 1.165) is 15.8 Å². The van der Waals surface area contributed by atoms with Crippen molar-refractivity contribution in [1.29, 1.82) is 0 Å². The molecule has 18 heavy (non-hydrogen) atoms. The molecule has 0 radical (unpaired) electrons. The summed E-state index contributed by atoms with van der Waals surface area (Å²) in [6.07, 6.45) is 0. The number of ketones is 1. The van der Waals surface area contributed by atoms with Crippen molar-refractivity contribution in [3.05, 3.63) is 64.1 Å². The second kappa shape index (κ2) is 5.83. The van der Waals surface area contributed by atoms with E-state index in [1.165, 1.54) is 0 Å². The van der Waals surface area contributed by atoms with E-state index in [0.29, 0.717) is 5.56 Å². The van der Waals surface area contributed by atoms with Crippen molar-refractivity contribution in [3.63, 3.8) is 0 Å². The minimum Gasteiger partial charge on any atom is -0.485 e. The predicted molar refractivity (Wildman–Crippen MR) is 75.1 cm³/mol. The predicted octanol–water partition coefficient (Wildman–Crippen LogP) is 4.02. The molecule has 0 aliphatic heterocycles. The summed E-state index contributed by atoms with van der Waals surface area (Å²) in [5.41, 5.74) is 1.76. The summed E-state index contributed by atoms with van der Waals surface area (Å²) in [6, 6.07) is 15.0. The van der Waals surface area contributed by atoms with Gasteiger partial charge in [-0.1, -0.05) is 46.3 Å². The Hall–Kier alpha value is -1.61. The number of hydrogen-bond acceptors (Lipinski definition) is 2. The first kappa shape index (κ1) is 12.8. The van der Waals surface area contributed by atoms with Crippen LogP contribution in [0, 0.1) is 6.92 Å². The van der Waals surface area contributed by atoms with Gasteiger partial charge in [0.25, 0.3) is 0 Å². The van der Waals surface area contributed by atoms with E-state index >= 15 is 0 Å². The van der Waals surface area contributed by atoms with Crippen LogP contribution in [0.3, 0.4) is 0 Å².